The van der Waals surface area contributed by atoms with E-state index in [9.17, 15) is 4.79 Å². The van der Waals surface area contributed by atoms with Gasteiger partial charge in [-0.15, -0.1) is 0 Å². The van der Waals surface area contributed by atoms with Crippen LogP contribution in [-0.2, 0) is 22.3 Å². The standard InChI is InChI=1S/C23H34N2O4/c1-6-7-19-18-9-11-25(22(26)29-23(2,3)4)10-8-17(18)16-20-21(19)24(12-14-27-5)13-15-28-20/h6-7,16H,8-15H2,1-5H3/b7-6+. The van der Waals surface area contributed by atoms with Crippen molar-refractivity contribution in [1.29, 1.82) is 0 Å². The van der Waals surface area contributed by atoms with Gasteiger partial charge in [-0.3, -0.25) is 0 Å². The second-order valence-corrected chi connectivity index (χ2v) is 8.57. The molecule has 2 aliphatic rings. The number of benzene rings is 1. The van der Waals surface area contributed by atoms with Gasteiger partial charge in [-0.05, 0) is 57.7 Å². The van der Waals surface area contributed by atoms with Crippen molar-refractivity contribution < 1.29 is 19.0 Å². The Kier molecular flexibility index (Phi) is 6.73. The SMILES string of the molecule is C/C=C/c1c2c(cc3c1N(CCOC)CCO3)CCN(C(=O)OC(C)(C)C)CC2. The highest BCUT2D eigenvalue weighted by molar-refractivity contribution is 5.79. The topological polar surface area (TPSA) is 51.2 Å². The Morgan fingerprint density at radius 2 is 2.00 bits per heavy atom. The van der Waals surface area contributed by atoms with E-state index in [1.54, 1.807) is 7.11 Å². The summed E-state index contributed by atoms with van der Waals surface area (Å²) in [6.45, 7) is 12.1. The number of hydrogen-bond acceptors (Lipinski definition) is 5. The van der Waals surface area contributed by atoms with Gasteiger partial charge in [0, 0.05) is 32.3 Å². The molecule has 0 spiro atoms. The van der Waals surface area contributed by atoms with Crippen LogP contribution >= 0.6 is 0 Å². The molecule has 0 radical (unpaired) electrons. The van der Waals surface area contributed by atoms with Gasteiger partial charge in [-0.2, -0.15) is 0 Å². The average Bonchev–Trinajstić information content (AvgIpc) is 2.87. The Balaban J connectivity index is 1.92. The van der Waals surface area contributed by atoms with Crippen LogP contribution in [0.1, 0.15) is 44.4 Å². The molecule has 0 saturated carbocycles. The molecule has 160 valence electrons. The number of amides is 1. The third-order valence-corrected chi connectivity index (χ3v) is 5.27. The minimum atomic E-state index is -0.485. The van der Waals surface area contributed by atoms with Crippen LogP contribution in [0.5, 0.6) is 5.75 Å². The maximum Gasteiger partial charge on any atom is 0.410 e. The first-order valence-electron chi connectivity index (χ1n) is 10.5. The number of ether oxygens (including phenoxy) is 3. The second kappa shape index (κ2) is 9.08. The van der Waals surface area contributed by atoms with E-state index in [0.29, 0.717) is 26.3 Å². The van der Waals surface area contributed by atoms with E-state index < -0.39 is 5.60 Å². The van der Waals surface area contributed by atoms with Crippen LogP contribution in [0.4, 0.5) is 10.5 Å². The maximum absolute atomic E-state index is 12.6. The molecule has 1 aromatic rings. The van der Waals surface area contributed by atoms with Crippen molar-refractivity contribution in [2.75, 3.05) is 51.4 Å². The van der Waals surface area contributed by atoms with E-state index in [2.05, 4.69) is 23.1 Å². The Labute approximate surface area is 174 Å². The molecule has 0 aromatic heterocycles. The van der Waals surface area contributed by atoms with Gasteiger partial charge in [0.1, 0.15) is 18.0 Å². The molecule has 6 heteroatoms. The van der Waals surface area contributed by atoms with Crippen LogP contribution < -0.4 is 9.64 Å². The molecule has 0 unspecified atom stereocenters. The monoisotopic (exact) mass is 402 g/mol. The zero-order chi connectivity index (χ0) is 21.0. The van der Waals surface area contributed by atoms with Crippen LogP contribution in [-0.4, -0.2) is 63.1 Å². The molecule has 0 aliphatic carbocycles. The predicted molar refractivity (Wildman–Crippen MR) is 116 cm³/mol. The first-order chi connectivity index (χ1) is 13.8. The number of methoxy groups -OCH3 is 1. The summed E-state index contributed by atoms with van der Waals surface area (Å²) in [5.41, 5.74) is 4.44. The molecule has 29 heavy (non-hydrogen) atoms. The Hall–Kier alpha value is -2.21. The largest absolute Gasteiger partial charge is 0.490 e. The van der Waals surface area contributed by atoms with Crippen LogP contribution in [0, 0.1) is 0 Å². The molecule has 2 aliphatic heterocycles. The highest BCUT2D eigenvalue weighted by Gasteiger charge is 2.29. The van der Waals surface area contributed by atoms with Gasteiger partial charge >= 0.3 is 6.09 Å². The number of fused-ring (bicyclic) bond motifs is 2. The molecule has 0 saturated heterocycles. The fraction of sp³-hybridized carbons (Fsp3) is 0.609. The molecule has 0 atom stereocenters. The van der Waals surface area contributed by atoms with Crippen LogP contribution in [0.25, 0.3) is 6.08 Å². The first kappa shape index (κ1) is 21.5. The van der Waals surface area contributed by atoms with Gasteiger partial charge in [-0.1, -0.05) is 12.2 Å². The lowest BCUT2D eigenvalue weighted by atomic mass is 9.93. The van der Waals surface area contributed by atoms with Gasteiger partial charge in [0.25, 0.3) is 0 Å². The smallest absolute Gasteiger partial charge is 0.410 e. The Morgan fingerprint density at radius 1 is 1.24 bits per heavy atom. The number of carbonyl (C=O) groups is 1. The average molecular weight is 403 g/mol. The summed E-state index contributed by atoms with van der Waals surface area (Å²) in [4.78, 5) is 16.8. The lowest BCUT2D eigenvalue weighted by Crippen LogP contribution is -2.38. The third kappa shape index (κ3) is 5.04. The lowest BCUT2D eigenvalue weighted by molar-refractivity contribution is 0.0258. The highest BCUT2D eigenvalue weighted by atomic mass is 16.6. The van der Waals surface area contributed by atoms with Crippen molar-refractivity contribution in [2.45, 2.75) is 46.1 Å². The van der Waals surface area contributed by atoms with E-state index in [-0.39, 0.29) is 6.09 Å². The molecule has 6 nitrogen and oxygen atoms in total. The van der Waals surface area contributed by atoms with Crippen LogP contribution in [0.3, 0.4) is 0 Å². The summed E-state index contributed by atoms with van der Waals surface area (Å²) < 4.78 is 17.0. The second-order valence-electron chi connectivity index (χ2n) is 8.57. The third-order valence-electron chi connectivity index (χ3n) is 5.27. The summed E-state index contributed by atoms with van der Waals surface area (Å²) in [5, 5.41) is 0. The Morgan fingerprint density at radius 3 is 2.69 bits per heavy atom. The normalized spacial score (nSPS) is 16.9. The predicted octanol–water partition coefficient (Wildman–Crippen LogP) is 3.90. The number of allylic oxidation sites excluding steroid dienone is 1. The van der Waals surface area contributed by atoms with Crippen molar-refractivity contribution in [3.05, 3.63) is 28.8 Å². The van der Waals surface area contributed by atoms with E-state index in [1.807, 2.05) is 32.6 Å². The fourth-order valence-electron chi connectivity index (χ4n) is 3.99. The van der Waals surface area contributed by atoms with Gasteiger partial charge in [0.2, 0.25) is 0 Å². The fourth-order valence-corrected chi connectivity index (χ4v) is 3.99. The number of rotatable bonds is 4. The number of carbonyl (C=O) groups excluding carboxylic acids is 1. The summed E-state index contributed by atoms with van der Waals surface area (Å²) >= 11 is 0. The van der Waals surface area contributed by atoms with E-state index in [0.717, 1.165) is 37.4 Å². The van der Waals surface area contributed by atoms with Crippen molar-refractivity contribution in [3.8, 4) is 5.75 Å². The molecule has 2 heterocycles. The van der Waals surface area contributed by atoms with Crippen molar-refractivity contribution in [3.63, 3.8) is 0 Å². The molecule has 1 amide bonds. The first-order valence-corrected chi connectivity index (χ1v) is 10.5. The van der Waals surface area contributed by atoms with Gasteiger partial charge in [0.05, 0.1) is 18.8 Å². The van der Waals surface area contributed by atoms with Crippen molar-refractivity contribution in [1.82, 2.24) is 4.90 Å². The molecule has 0 N–H and O–H groups in total. The summed E-state index contributed by atoms with van der Waals surface area (Å²) in [7, 11) is 1.73. The Bertz CT molecular complexity index is 767. The minimum Gasteiger partial charge on any atom is -0.490 e. The van der Waals surface area contributed by atoms with Crippen LogP contribution in [0.15, 0.2) is 12.1 Å². The minimum absolute atomic E-state index is 0.236. The number of nitrogens with zero attached hydrogens (tertiary/aromatic N) is 2. The lowest BCUT2D eigenvalue weighted by Gasteiger charge is -2.34. The molecule has 0 fully saturated rings. The molecule has 0 bridgehead atoms. The molecular weight excluding hydrogens is 368 g/mol. The number of anilines is 1. The van der Waals surface area contributed by atoms with E-state index in [1.165, 1.54) is 16.7 Å². The maximum atomic E-state index is 12.6. The van der Waals surface area contributed by atoms with E-state index in [4.69, 9.17) is 14.2 Å². The summed E-state index contributed by atoms with van der Waals surface area (Å²) in [5.74, 6) is 0.935. The van der Waals surface area contributed by atoms with Gasteiger partial charge in [0.15, 0.2) is 0 Å². The summed E-state index contributed by atoms with van der Waals surface area (Å²) in [6.07, 6.45) is 5.62. The van der Waals surface area contributed by atoms with Gasteiger partial charge in [-0.25, -0.2) is 4.79 Å². The van der Waals surface area contributed by atoms with Crippen molar-refractivity contribution in [2.24, 2.45) is 0 Å². The summed E-state index contributed by atoms with van der Waals surface area (Å²) in [6, 6.07) is 2.18. The quantitative estimate of drug-likeness (QED) is 0.765. The zero-order valence-corrected chi connectivity index (χ0v) is 18.4. The zero-order valence-electron chi connectivity index (χ0n) is 18.4. The number of hydrogen-bond donors (Lipinski definition) is 0. The van der Waals surface area contributed by atoms with Crippen molar-refractivity contribution >= 4 is 17.9 Å². The highest BCUT2D eigenvalue weighted by Crippen LogP contribution is 2.41. The van der Waals surface area contributed by atoms with Crippen LogP contribution in [0.2, 0.25) is 0 Å². The molecule has 1 aromatic carbocycles. The van der Waals surface area contributed by atoms with E-state index >= 15 is 0 Å². The molecule has 3 rings (SSSR count). The molecular formula is C23H34N2O4. The van der Waals surface area contributed by atoms with Gasteiger partial charge < -0.3 is 24.0 Å².